The zero-order chi connectivity index (χ0) is 20.5. The van der Waals surface area contributed by atoms with Crippen LogP contribution >= 0.6 is 15.9 Å². The first kappa shape index (κ1) is 20.8. The van der Waals surface area contributed by atoms with Crippen LogP contribution in [0.25, 0.3) is 0 Å². The lowest BCUT2D eigenvalue weighted by Gasteiger charge is -2.22. The van der Waals surface area contributed by atoms with Gasteiger partial charge in [-0.2, -0.15) is 0 Å². The second-order valence-electron chi connectivity index (χ2n) is 7.13. The number of anilines is 1. The summed E-state index contributed by atoms with van der Waals surface area (Å²) in [5.74, 6) is 0.312. The largest absolute Gasteiger partial charge is 0.484 e. The predicted molar refractivity (Wildman–Crippen MR) is 112 cm³/mol. The molecule has 1 aliphatic heterocycles. The number of carbonyl (C=O) groups is 1. The van der Waals surface area contributed by atoms with Gasteiger partial charge >= 0.3 is 0 Å². The molecule has 0 saturated heterocycles. The van der Waals surface area contributed by atoms with Crippen LogP contribution < -0.4 is 14.4 Å². The molecule has 150 valence electrons. The van der Waals surface area contributed by atoms with Crippen molar-refractivity contribution in [2.75, 3.05) is 11.5 Å². The summed E-state index contributed by atoms with van der Waals surface area (Å²) in [5.41, 5.74) is 2.04. The van der Waals surface area contributed by atoms with E-state index in [9.17, 15) is 13.2 Å². The SMILES string of the molecule is CC(C)NS(=O)(=O)c1ccc(OCC(=O)N2c3ccc(Br)cc3C[C@H]2C)cc1. The Bertz CT molecular complexity index is 974. The smallest absolute Gasteiger partial charge is 0.265 e. The summed E-state index contributed by atoms with van der Waals surface area (Å²) < 4.78 is 33.4. The van der Waals surface area contributed by atoms with Gasteiger partial charge in [0, 0.05) is 22.2 Å². The predicted octanol–water partition coefficient (Wildman–Crippen LogP) is 3.49. The number of nitrogens with zero attached hydrogens (tertiary/aromatic N) is 1. The number of fused-ring (bicyclic) bond motifs is 1. The monoisotopic (exact) mass is 466 g/mol. The minimum atomic E-state index is -3.55. The first-order valence-electron chi connectivity index (χ1n) is 9.03. The number of hydrogen-bond donors (Lipinski definition) is 1. The highest BCUT2D eigenvalue weighted by molar-refractivity contribution is 9.10. The van der Waals surface area contributed by atoms with Gasteiger partial charge < -0.3 is 9.64 Å². The second kappa shape index (κ2) is 8.23. The van der Waals surface area contributed by atoms with Gasteiger partial charge in [-0.3, -0.25) is 4.79 Å². The third-order valence-electron chi connectivity index (χ3n) is 4.41. The van der Waals surface area contributed by atoms with Crippen LogP contribution in [0.1, 0.15) is 26.3 Å². The van der Waals surface area contributed by atoms with Crippen LogP contribution in [0.2, 0.25) is 0 Å². The van der Waals surface area contributed by atoms with Gasteiger partial charge in [-0.15, -0.1) is 0 Å². The lowest BCUT2D eigenvalue weighted by atomic mass is 10.1. The topological polar surface area (TPSA) is 75.7 Å². The number of nitrogens with one attached hydrogen (secondary N) is 1. The third kappa shape index (κ3) is 4.56. The summed E-state index contributed by atoms with van der Waals surface area (Å²) in [6, 6.07) is 11.8. The Kier molecular flexibility index (Phi) is 6.12. The molecule has 2 aromatic rings. The van der Waals surface area contributed by atoms with Gasteiger partial charge in [-0.1, -0.05) is 15.9 Å². The first-order chi connectivity index (χ1) is 13.2. The lowest BCUT2D eigenvalue weighted by Crippen LogP contribution is -2.39. The molecule has 0 aromatic heterocycles. The highest BCUT2D eigenvalue weighted by Gasteiger charge is 2.31. The van der Waals surface area contributed by atoms with Crippen molar-refractivity contribution in [2.24, 2.45) is 0 Å². The molecule has 2 aromatic carbocycles. The Labute approximate surface area is 174 Å². The van der Waals surface area contributed by atoms with Gasteiger partial charge in [-0.05, 0) is 75.2 Å². The van der Waals surface area contributed by atoms with E-state index in [4.69, 9.17) is 4.74 Å². The van der Waals surface area contributed by atoms with Crippen LogP contribution in [0.3, 0.4) is 0 Å². The Morgan fingerprint density at radius 1 is 1.25 bits per heavy atom. The van der Waals surface area contributed by atoms with Crippen LogP contribution in [-0.2, 0) is 21.2 Å². The van der Waals surface area contributed by atoms with Crippen LogP contribution in [0, 0.1) is 0 Å². The molecule has 0 spiro atoms. The molecule has 0 bridgehead atoms. The van der Waals surface area contributed by atoms with E-state index in [0.29, 0.717) is 5.75 Å². The van der Waals surface area contributed by atoms with E-state index >= 15 is 0 Å². The average Bonchev–Trinajstić information content (AvgIpc) is 2.93. The molecule has 1 N–H and O–H groups in total. The molecule has 0 unspecified atom stereocenters. The van der Waals surface area contributed by atoms with Gasteiger partial charge in [0.2, 0.25) is 10.0 Å². The molecule has 1 heterocycles. The number of carbonyl (C=O) groups excluding carboxylic acids is 1. The molecule has 1 amide bonds. The van der Waals surface area contributed by atoms with Crippen molar-refractivity contribution in [3.63, 3.8) is 0 Å². The number of rotatable bonds is 6. The Morgan fingerprint density at radius 3 is 2.57 bits per heavy atom. The van der Waals surface area contributed by atoms with Crippen molar-refractivity contribution in [2.45, 2.75) is 44.2 Å². The maximum atomic E-state index is 12.7. The number of amides is 1. The van der Waals surface area contributed by atoms with Crippen LogP contribution in [-0.4, -0.2) is 33.0 Å². The van der Waals surface area contributed by atoms with Crippen LogP contribution in [0.15, 0.2) is 51.8 Å². The first-order valence-corrected chi connectivity index (χ1v) is 11.3. The zero-order valence-corrected chi connectivity index (χ0v) is 18.4. The summed E-state index contributed by atoms with van der Waals surface area (Å²) in [7, 11) is -3.55. The summed E-state index contributed by atoms with van der Waals surface area (Å²) >= 11 is 3.46. The number of halogens is 1. The van der Waals surface area contributed by atoms with E-state index in [-0.39, 0.29) is 29.5 Å². The summed E-state index contributed by atoms with van der Waals surface area (Å²) in [6.07, 6.45) is 0.802. The number of sulfonamides is 1. The highest BCUT2D eigenvalue weighted by atomic mass is 79.9. The molecule has 28 heavy (non-hydrogen) atoms. The van der Waals surface area contributed by atoms with Gasteiger partial charge in [0.05, 0.1) is 4.90 Å². The van der Waals surface area contributed by atoms with Crippen molar-refractivity contribution in [3.05, 3.63) is 52.5 Å². The Morgan fingerprint density at radius 2 is 1.93 bits per heavy atom. The van der Waals surface area contributed by atoms with Crippen molar-refractivity contribution in [3.8, 4) is 5.75 Å². The standard InChI is InChI=1S/C20H23BrN2O4S/c1-13(2)22-28(25,26)18-7-5-17(6-8-18)27-12-20(24)23-14(3)10-15-11-16(21)4-9-19(15)23/h4-9,11,13-14,22H,10,12H2,1-3H3/t14-/m1/s1. The average molecular weight is 467 g/mol. The number of benzene rings is 2. The van der Waals surface area contributed by atoms with E-state index in [1.54, 1.807) is 30.9 Å². The van der Waals surface area contributed by atoms with Crippen LogP contribution in [0.5, 0.6) is 5.75 Å². The van der Waals surface area contributed by atoms with Crippen molar-refractivity contribution in [1.29, 1.82) is 0 Å². The fourth-order valence-electron chi connectivity index (χ4n) is 3.29. The van der Waals surface area contributed by atoms with Crippen LogP contribution in [0.4, 0.5) is 5.69 Å². The molecule has 3 rings (SSSR count). The maximum absolute atomic E-state index is 12.7. The van der Waals surface area contributed by atoms with Crippen molar-refractivity contribution >= 4 is 37.5 Å². The van der Waals surface area contributed by atoms with Crippen molar-refractivity contribution < 1.29 is 17.9 Å². The molecule has 1 aliphatic rings. The highest BCUT2D eigenvalue weighted by Crippen LogP contribution is 2.34. The molecule has 0 fully saturated rings. The fraction of sp³-hybridized carbons (Fsp3) is 0.350. The molecule has 0 radical (unpaired) electrons. The Balaban J connectivity index is 1.66. The third-order valence-corrected chi connectivity index (χ3v) is 6.58. The quantitative estimate of drug-likeness (QED) is 0.706. The van der Waals surface area contributed by atoms with E-state index in [1.807, 2.05) is 25.1 Å². The maximum Gasteiger partial charge on any atom is 0.265 e. The molecule has 0 aliphatic carbocycles. The minimum Gasteiger partial charge on any atom is -0.484 e. The van der Waals surface area contributed by atoms with Crippen molar-refractivity contribution in [1.82, 2.24) is 4.72 Å². The van der Waals surface area contributed by atoms with Gasteiger partial charge in [-0.25, -0.2) is 13.1 Å². The van der Waals surface area contributed by atoms with Gasteiger partial charge in [0.15, 0.2) is 6.61 Å². The summed E-state index contributed by atoms with van der Waals surface area (Å²) in [6.45, 7) is 5.41. The van der Waals surface area contributed by atoms with E-state index in [2.05, 4.69) is 20.7 Å². The molecule has 8 heteroatoms. The minimum absolute atomic E-state index is 0.0648. The van der Waals surface area contributed by atoms with E-state index in [1.165, 1.54) is 12.1 Å². The van der Waals surface area contributed by atoms with E-state index in [0.717, 1.165) is 22.1 Å². The number of hydrogen-bond acceptors (Lipinski definition) is 4. The fourth-order valence-corrected chi connectivity index (χ4v) is 4.95. The van der Waals surface area contributed by atoms with Gasteiger partial charge in [0.1, 0.15) is 5.75 Å². The van der Waals surface area contributed by atoms with Gasteiger partial charge in [0.25, 0.3) is 5.91 Å². The zero-order valence-electron chi connectivity index (χ0n) is 16.0. The summed E-state index contributed by atoms with van der Waals surface area (Å²) in [5, 5.41) is 0. The molecule has 1 atom stereocenters. The molecular formula is C20H23BrN2O4S. The Hall–Kier alpha value is -1.90. The normalized spacial score (nSPS) is 16.3. The summed E-state index contributed by atoms with van der Waals surface area (Å²) in [4.78, 5) is 14.6. The molecular weight excluding hydrogens is 444 g/mol. The molecule has 0 saturated carbocycles. The lowest BCUT2D eigenvalue weighted by molar-refractivity contribution is -0.120. The van der Waals surface area contributed by atoms with E-state index < -0.39 is 10.0 Å². The second-order valence-corrected chi connectivity index (χ2v) is 9.76. The molecule has 6 nitrogen and oxygen atoms in total. The number of ether oxygens (including phenoxy) is 1.